The summed E-state index contributed by atoms with van der Waals surface area (Å²) in [7, 11) is 1.64. The molecule has 4 rings (SSSR count). The number of halogens is 1. The molecule has 5 heteroatoms. The summed E-state index contributed by atoms with van der Waals surface area (Å²) in [5.74, 6) is 2.28. The van der Waals surface area contributed by atoms with Gasteiger partial charge in [0.2, 0.25) is 0 Å². The molecule has 0 saturated heterocycles. The first kappa shape index (κ1) is 17.8. The van der Waals surface area contributed by atoms with Crippen LogP contribution >= 0.6 is 11.6 Å². The molecule has 0 spiro atoms. The minimum Gasteiger partial charge on any atom is -0.497 e. The van der Waals surface area contributed by atoms with Crippen molar-refractivity contribution in [2.24, 2.45) is 0 Å². The lowest BCUT2D eigenvalue weighted by Crippen LogP contribution is -2.18. The molecule has 1 aromatic heterocycles. The van der Waals surface area contributed by atoms with Gasteiger partial charge in [0, 0.05) is 11.6 Å². The highest BCUT2D eigenvalue weighted by Gasteiger charge is 2.20. The second kappa shape index (κ2) is 7.57. The Hall–Kier alpha value is -2.59. The molecule has 4 nitrogen and oxygen atoms in total. The van der Waals surface area contributed by atoms with E-state index in [1.807, 2.05) is 31.2 Å². The molecule has 1 aliphatic carbocycles. The number of ether oxygens (including phenoxy) is 1. The first-order valence-corrected chi connectivity index (χ1v) is 9.56. The fraction of sp³-hybridized carbons (Fsp3) is 0.273. The lowest BCUT2D eigenvalue weighted by atomic mass is 9.88. The Labute approximate surface area is 164 Å². The minimum absolute atomic E-state index is 0.262. The predicted octanol–water partition coefficient (Wildman–Crippen LogP) is 5.60. The van der Waals surface area contributed by atoms with E-state index in [-0.39, 0.29) is 6.04 Å². The van der Waals surface area contributed by atoms with Crippen LogP contribution in [0.3, 0.4) is 0 Å². The van der Waals surface area contributed by atoms with Gasteiger partial charge in [0.05, 0.1) is 23.9 Å². The van der Waals surface area contributed by atoms with Gasteiger partial charge in [-0.1, -0.05) is 35.9 Å². The molecule has 0 amide bonds. The molecular formula is C22H22ClN3O. The molecular weight excluding hydrogens is 358 g/mol. The lowest BCUT2D eigenvalue weighted by Gasteiger charge is -2.27. The number of hydrogen-bond acceptors (Lipinski definition) is 4. The second-order valence-electron chi connectivity index (χ2n) is 6.82. The summed E-state index contributed by atoms with van der Waals surface area (Å²) >= 11 is 6.41. The lowest BCUT2D eigenvalue weighted by molar-refractivity contribution is 0.415. The van der Waals surface area contributed by atoms with Gasteiger partial charge in [-0.05, 0) is 55.5 Å². The average molecular weight is 380 g/mol. The number of nitrogens with zero attached hydrogens (tertiary/aromatic N) is 2. The highest BCUT2D eigenvalue weighted by molar-refractivity contribution is 6.33. The van der Waals surface area contributed by atoms with Gasteiger partial charge < -0.3 is 10.1 Å². The molecule has 0 saturated carbocycles. The quantitative estimate of drug-likeness (QED) is 0.640. The number of nitrogens with one attached hydrogen (secondary N) is 1. The number of benzene rings is 2. The van der Waals surface area contributed by atoms with E-state index in [2.05, 4.69) is 39.6 Å². The van der Waals surface area contributed by atoms with Gasteiger partial charge in [0.1, 0.15) is 17.4 Å². The smallest absolute Gasteiger partial charge is 0.130 e. The van der Waals surface area contributed by atoms with Crippen molar-refractivity contribution in [3.05, 3.63) is 70.5 Å². The van der Waals surface area contributed by atoms with Gasteiger partial charge in [-0.3, -0.25) is 0 Å². The van der Waals surface area contributed by atoms with E-state index in [0.717, 1.165) is 35.7 Å². The summed E-state index contributed by atoms with van der Waals surface area (Å²) in [4.78, 5) is 9.19. The van der Waals surface area contributed by atoms with Crippen LogP contribution in [0.15, 0.2) is 48.5 Å². The van der Waals surface area contributed by atoms with E-state index in [1.54, 1.807) is 7.11 Å². The first-order valence-electron chi connectivity index (χ1n) is 9.18. The molecule has 1 atom stereocenters. The summed E-state index contributed by atoms with van der Waals surface area (Å²) in [6.07, 6.45) is 3.41. The highest BCUT2D eigenvalue weighted by atomic mass is 35.5. The Bertz CT molecular complexity index is 974. The molecule has 1 unspecified atom stereocenters. The Morgan fingerprint density at radius 2 is 1.96 bits per heavy atom. The zero-order valence-electron chi connectivity index (χ0n) is 15.5. The molecule has 138 valence electrons. The van der Waals surface area contributed by atoms with Crippen LogP contribution in [0.1, 0.15) is 35.8 Å². The molecule has 0 fully saturated rings. The van der Waals surface area contributed by atoms with E-state index in [4.69, 9.17) is 16.3 Å². The number of methoxy groups -OCH3 is 1. The number of rotatable bonds is 4. The topological polar surface area (TPSA) is 47.0 Å². The van der Waals surface area contributed by atoms with Gasteiger partial charge in [0.15, 0.2) is 0 Å². The Morgan fingerprint density at radius 1 is 1.11 bits per heavy atom. The number of aromatic nitrogens is 2. The Morgan fingerprint density at radius 3 is 2.81 bits per heavy atom. The average Bonchev–Trinajstić information content (AvgIpc) is 2.68. The molecule has 0 aliphatic heterocycles. The van der Waals surface area contributed by atoms with Gasteiger partial charge in [0.25, 0.3) is 0 Å². The minimum atomic E-state index is 0.262. The van der Waals surface area contributed by atoms with Crippen LogP contribution in [-0.2, 0) is 6.42 Å². The number of fused-ring (bicyclic) bond motifs is 1. The number of aryl methyl sites for hydroxylation is 2. The molecule has 1 aliphatic rings. The van der Waals surface area contributed by atoms with Crippen LogP contribution in [0.4, 0.5) is 5.82 Å². The molecule has 0 bridgehead atoms. The van der Waals surface area contributed by atoms with Gasteiger partial charge >= 0.3 is 0 Å². The molecule has 3 aromatic rings. The van der Waals surface area contributed by atoms with Crippen LogP contribution in [0.25, 0.3) is 11.3 Å². The summed E-state index contributed by atoms with van der Waals surface area (Å²) in [6.45, 7) is 1.90. The Balaban J connectivity index is 1.68. The fourth-order valence-electron chi connectivity index (χ4n) is 3.69. The number of hydrogen-bond donors (Lipinski definition) is 1. The predicted molar refractivity (Wildman–Crippen MR) is 110 cm³/mol. The third-order valence-corrected chi connectivity index (χ3v) is 5.31. The van der Waals surface area contributed by atoms with Crippen molar-refractivity contribution in [2.75, 3.05) is 12.4 Å². The Kier molecular flexibility index (Phi) is 4.99. The fourth-order valence-corrected chi connectivity index (χ4v) is 3.90. The van der Waals surface area contributed by atoms with Crippen molar-refractivity contribution < 1.29 is 4.74 Å². The van der Waals surface area contributed by atoms with Crippen LogP contribution in [0.5, 0.6) is 5.75 Å². The second-order valence-corrected chi connectivity index (χ2v) is 7.23. The number of anilines is 1. The van der Waals surface area contributed by atoms with Crippen LogP contribution < -0.4 is 10.1 Å². The maximum atomic E-state index is 6.41. The van der Waals surface area contributed by atoms with E-state index in [1.165, 1.54) is 17.5 Å². The zero-order chi connectivity index (χ0) is 18.8. The van der Waals surface area contributed by atoms with E-state index in [9.17, 15) is 0 Å². The normalized spacial score (nSPS) is 15.9. The van der Waals surface area contributed by atoms with Crippen molar-refractivity contribution in [1.82, 2.24) is 9.97 Å². The molecule has 27 heavy (non-hydrogen) atoms. The van der Waals surface area contributed by atoms with Gasteiger partial charge in [-0.25, -0.2) is 9.97 Å². The van der Waals surface area contributed by atoms with Crippen molar-refractivity contribution in [2.45, 2.75) is 32.2 Å². The standard InChI is InChI=1S/C22H22ClN3O/c1-14-24-21(18-12-16(27-2)10-11-19(18)23)13-22(25-14)26-20-9-5-7-15-6-3-4-8-17(15)20/h3-4,6,8,10-13,20H,5,7,9H2,1-2H3,(H,24,25,26). The van der Waals surface area contributed by atoms with E-state index in [0.29, 0.717) is 10.8 Å². The molecule has 2 aromatic carbocycles. The third kappa shape index (κ3) is 3.76. The van der Waals surface area contributed by atoms with Crippen LogP contribution in [0, 0.1) is 6.92 Å². The summed E-state index contributed by atoms with van der Waals surface area (Å²) < 4.78 is 5.33. The summed E-state index contributed by atoms with van der Waals surface area (Å²) in [5.41, 5.74) is 4.41. The monoisotopic (exact) mass is 379 g/mol. The molecule has 0 radical (unpaired) electrons. The highest BCUT2D eigenvalue weighted by Crippen LogP contribution is 2.34. The van der Waals surface area contributed by atoms with Crippen molar-refractivity contribution >= 4 is 17.4 Å². The third-order valence-electron chi connectivity index (χ3n) is 4.98. The zero-order valence-corrected chi connectivity index (χ0v) is 16.3. The van der Waals surface area contributed by atoms with Gasteiger partial charge in [-0.2, -0.15) is 0 Å². The van der Waals surface area contributed by atoms with E-state index < -0.39 is 0 Å². The van der Waals surface area contributed by atoms with Crippen molar-refractivity contribution in [3.63, 3.8) is 0 Å². The van der Waals surface area contributed by atoms with Crippen molar-refractivity contribution in [3.8, 4) is 17.0 Å². The van der Waals surface area contributed by atoms with Gasteiger partial charge in [-0.15, -0.1) is 0 Å². The van der Waals surface area contributed by atoms with Crippen LogP contribution in [-0.4, -0.2) is 17.1 Å². The van der Waals surface area contributed by atoms with E-state index >= 15 is 0 Å². The molecule has 1 N–H and O–H groups in total. The first-order chi connectivity index (χ1) is 13.1. The molecule has 1 heterocycles. The van der Waals surface area contributed by atoms with Crippen LogP contribution in [0.2, 0.25) is 5.02 Å². The summed E-state index contributed by atoms with van der Waals surface area (Å²) in [5, 5.41) is 4.25. The maximum absolute atomic E-state index is 6.41. The largest absolute Gasteiger partial charge is 0.497 e. The maximum Gasteiger partial charge on any atom is 0.130 e. The summed E-state index contributed by atoms with van der Waals surface area (Å²) in [6, 6.07) is 16.4. The SMILES string of the molecule is COc1ccc(Cl)c(-c2cc(NC3CCCc4ccccc43)nc(C)n2)c1. The van der Waals surface area contributed by atoms with Crippen molar-refractivity contribution in [1.29, 1.82) is 0 Å².